The Labute approximate surface area is 96.3 Å². The molecule has 0 fully saturated rings. The Balaban J connectivity index is 3.30. The molecular formula is C9H10BrNO2S. The number of halogens is 1. The molecule has 0 heterocycles. The predicted molar refractivity (Wildman–Crippen MR) is 63.1 cm³/mol. The van der Waals surface area contributed by atoms with Crippen LogP contribution in [0.5, 0.6) is 11.5 Å². The van der Waals surface area contributed by atoms with E-state index in [0.29, 0.717) is 16.5 Å². The quantitative estimate of drug-likeness (QED) is 0.859. The van der Waals surface area contributed by atoms with Gasteiger partial charge in [0.2, 0.25) is 0 Å². The maximum absolute atomic E-state index is 5.53. The zero-order valence-electron chi connectivity index (χ0n) is 7.83. The van der Waals surface area contributed by atoms with E-state index in [1.807, 2.05) is 0 Å². The van der Waals surface area contributed by atoms with Crippen LogP contribution >= 0.6 is 28.1 Å². The van der Waals surface area contributed by atoms with Crippen LogP contribution in [0, 0.1) is 0 Å². The van der Waals surface area contributed by atoms with Crippen molar-refractivity contribution in [1.82, 2.24) is 0 Å². The molecule has 14 heavy (non-hydrogen) atoms. The van der Waals surface area contributed by atoms with Gasteiger partial charge in [0.05, 0.1) is 14.2 Å². The minimum Gasteiger partial charge on any atom is -0.493 e. The summed E-state index contributed by atoms with van der Waals surface area (Å²) in [5.41, 5.74) is 6.27. The van der Waals surface area contributed by atoms with Crippen molar-refractivity contribution in [2.75, 3.05) is 14.2 Å². The zero-order valence-corrected chi connectivity index (χ0v) is 10.2. The van der Waals surface area contributed by atoms with Gasteiger partial charge < -0.3 is 15.2 Å². The summed E-state index contributed by atoms with van der Waals surface area (Å²) in [4.78, 5) is 0.317. The molecule has 2 N–H and O–H groups in total. The molecule has 0 aliphatic rings. The highest BCUT2D eigenvalue weighted by molar-refractivity contribution is 9.10. The molecule has 0 spiro atoms. The summed E-state index contributed by atoms with van der Waals surface area (Å²) in [7, 11) is 3.14. The number of thiocarbonyl (C=S) groups is 1. The third-order valence-corrected chi connectivity index (χ3v) is 2.61. The topological polar surface area (TPSA) is 44.5 Å². The maximum atomic E-state index is 5.53. The number of ether oxygens (including phenoxy) is 2. The van der Waals surface area contributed by atoms with Crippen molar-refractivity contribution in [2.24, 2.45) is 5.73 Å². The summed E-state index contributed by atoms with van der Waals surface area (Å²) >= 11 is 8.24. The molecule has 0 aliphatic carbocycles. The van der Waals surface area contributed by atoms with Crippen LogP contribution < -0.4 is 15.2 Å². The molecule has 0 amide bonds. The van der Waals surface area contributed by atoms with E-state index in [9.17, 15) is 0 Å². The van der Waals surface area contributed by atoms with Crippen molar-refractivity contribution in [3.05, 3.63) is 22.2 Å². The van der Waals surface area contributed by atoms with Gasteiger partial charge in [-0.15, -0.1) is 0 Å². The van der Waals surface area contributed by atoms with Crippen molar-refractivity contribution >= 4 is 33.1 Å². The van der Waals surface area contributed by atoms with Gasteiger partial charge in [0.25, 0.3) is 0 Å². The first-order valence-corrected chi connectivity index (χ1v) is 5.01. The Morgan fingerprint density at radius 1 is 1.29 bits per heavy atom. The van der Waals surface area contributed by atoms with Gasteiger partial charge in [-0.25, -0.2) is 0 Å². The van der Waals surface area contributed by atoms with E-state index >= 15 is 0 Å². The van der Waals surface area contributed by atoms with Crippen LogP contribution in [0.15, 0.2) is 16.6 Å². The van der Waals surface area contributed by atoms with Gasteiger partial charge in [-0.05, 0) is 28.1 Å². The van der Waals surface area contributed by atoms with Crippen LogP contribution in [0.2, 0.25) is 0 Å². The largest absolute Gasteiger partial charge is 0.493 e. The molecule has 0 aliphatic heterocycles. The summed E-state index contributed by atoms with van der Waals surface area (Å²) in [5, 5.41) is 0. The first-order valence-electron chi connectivity index (χ1n) is 3.81. The van der Waals surface area contributed by atoms with E-state index in [-0.39, 0.29) is 0 Å². The molecule has 0 radical (unpaired) electrons. The summed E-state index contributed by atoms with van der Waals surface area (Å²) < 4.78 is 11.0. The molecule has 0 atom stereocenters. The van der Waals surface area contributed by atoms with E-state index in [4.69, 9.17) is 27.4 Å². The first-order chi connectivity index (χ1) is 6.60. The minimum absolute atomic E-state index is 0.317. The van der Waals surface area contributed by atoms with E-state index in [0.717, 1.165) is 10.0 Å². The SMILES string of the molecule is COc1cc(Br)c(C(N)=S)cc1OC. The Hall–Kier alpha value is -0.810. The number of rotatable bonds is 3. The number of hydrogen-bond acceptors (Lipinski definition) is 3. The van der Waals surface area contributed by atoms with E-state index in [1.54, 1.807) is 26.4 Å². The molecule has 0 bridgehead atoms. The van der Waals surface area contributed by atoms with Crippen molar-refractivity contribution in [3.8, 4) is 11.5 Å². The molecular weight excluding hydrogens is 266 g/mol. The van der Waals surface area contributed by atoms with Crippen LogP contribution in [-0.2, 0) is 0 Å². The fourth-order valence-electron chi connectivity index (χ4n) is 1.04. The van der Waals surface area contributed by atoms with Crippen molar-refractivity contribution in [2.45, 2.75) is 0 Å². The normalized spacial score (nSPS) is 9.64. The predicted octanol–water partition coefficient (Wildman–Crippen LogP) is 2.10. The number of nitrogens with two attached hydrogens (primary N) is 1. The Morgan fingerprint density at radius 2 is 1.79 bits per heavy atom. The van der Waals surface area contributed by atoms with Gasteiger partial charge in [0, 0.05) is 10.0 Å². The number of hydrogen-bond donors (Lipinski definition) is 1. The summed E-state index contributed by atoms with van der Waals surface area (Å²) in [6.07, 6.45) is 0. The molecule has 5 heteroatoms. The van der Waals surface area contributed by atoms with E-state index < -0.39 is 0 Å². The van der Waals surface area contributed by atoms with Gasteiger partial charge in [0.1, 0.15) is 4.99 Å². The first kappa shape index (κ1) is 11.3. The second kappa shape index (κ2) is 4.61. The second-order valence-corrected chi connectivity index (χ2v) is 3.85. The molecule has 0 saturated carbocycles. The van der Waals surface area contributed by atoms with Crippen LogP contribution in [-0.4, -0.2) is 19.2 Å². The lowest BCUT2D eigenvalue weighted by Crippen LogP contribution is -2.10. The van der Waals surface area contributed by atoms with Crippen LogP contribution in [0.3, 0.4) is 0 Å². The van der Waals surface area contributed by atoms with Gasteiger partial charge >= 0.3 is 0 Å². The van der Waals surface area contributed by atoms with E-state index in [1.165, 1.54) is 0 Å². The number of benzene rings is 1. The smallest absolute Gasteiger partial charge is 0.161 e. The van der Waals surface area contributed by atoms with Crippen molar-refractivity contribution in [3.63, 3.8) is 0 Å². The average molecular weight is 276 g/mol. The molecule has 0 aromatic heterocycles. The molecule has 76 valence electrons. The van der Waals surface area contributed by atoms with Gasteiger partial charge in [-0.1, -0.05) is 12.2 Å². The molecule has 1 rings (SSSR count). The van der Waals surface area contributed by atoms with Crippen LogP contribution in [0.4, 0.5) is 0 Å². The highest BCUT2D eigenvalue weighted by atomic mass is 79.9. The molecule has 0 unspecified atom stereocenters. The van der Waals surface area contributed by atoms with Crippen LogP contribution in [0.1, 0.15) is 5.56 Å². The lowest BCUT2D eigenvalue weighted by atomic mass is 10.2. The molecule has 3 nitrogen and oxygen atoms in total. The summed E-state index contributed by atoms with van der Waals surface area (Å²) in [6.45, 7) is 0. The Kier molecular flexibility index (Phi) is 3.71. The lowest BCUT2D eigenvalue weighted by Gasteiger charge is -2.10. The van der Waals surface area contributed by atoms with Crippen LogP contribution in [0.25, 0.3) is 0 Å². The third kappa shape index (κ3) is 2.16. The van der Waals surface area contributed by atoms with Gasteiger partial charge in [-0.2, -0.15) is 0 Å². The lowest BCUT2D eigenvalue weighted by molar-refractivity contribution is 0.354. The average Bonchev–Trinajstić information content (AvgIpc) is 2.16. The van der Waals surface area contributed by atoms with E-state index in [2.05, 4.69) is 15.9 Å². The zero-order chi connectivity index (χ0) is 10.7. The molecule has 1 aromatic carbocycles. The summed E-state index contributed by atoms with van der Waals surface area (Å²) in [5.74, 6) is 1.25. The number of methoxy groups -OCH3 is 2. The van der Waals surface area contributed by atoms with Crippen molar-refractivity contribution < 1.29 is 9.47 Å². The molecule has 1 aromatic rings. The fraction of sp³-hybridized carbons (Fsp3) is 0.222. The van der Waals surface area contributed by atoms with Crippen molar-refractivity contribution in [1.29, 1.82) is 0 Å². The standard InChI is InChI=1S/C9H10BrNO2S/c1-12-7-3-5(9(11)14)6(10)4-8(7)13-2/h3-4H,1-2H3,(H2,11,14). The summed E-state index contributed by atoms with van der Waals surface area (Å²) in [6, 6.07) is 3.51. The minimum atomic E-state index is 0.317. The second-order valence-electron chi connectivity index (χ2n) is 2.55. The fourth-order valence-corrected chi connectivity index (χ4v) is 1.88. The Bertz CT molecular complexity index is 368. The Morgan fingerprint density at radius 3 is 2.21 bits per heavy atom. The highest BCUT2D eigenvalue weighted by Gasteiger charge is 2.10. The van der Waals surface area contributed by atoms with Gasteiger partial charge in [0.15, 0.2) is 11.5 Å². The molecule has 0 saturated heterocycles. The van der Waals surface area contributed by atoms with Gasteiger partial charge in [-0.3, -0.25) is 0 Å². The maximum Gasteiger partial charge on any atom is 0.161 e. The highest BCUT2D eigenvalue weighted by Crippen LogP contribution is 2.33. The monoisotopic (exact) mass is 275 g/mol. The third-order valence-electron chi connectivity index (χ3n) is 1.74.